The second-order valence-corrected chi connectivity index (χ2v) is 6.12. The average Bonchev–Trinajstić information content (AvgIpc) is 2.88. The summed E-state index contributed by atoms with van der Waals surface area (Å²) in [5.74, 6) is 0.858. The van der Waals surface area contributed by atoms with Crippen molar-refractivity contribution in [1.29, 1.82) is 0 Å². The van der Waals surface area contributed by atoms with Gasteiger partial charge in [0.05, 0.1) is 30.2 Å². The number of nitrogens with zero attached hydrogens (tertiary/aromatic N) is 1. The maximum absolute atomic E-state index is 5.28. The Balaban J connectivity index is 1.77. The fourth-order valence-electron chi connectivity index (χ4n) is 3.17. The molecule has 0 spiro atoms. The van der Waals surface area contributed by atoms with Gasteiger partial charge in [-0.05, 0) is 47.5 Å². The molecule has 0 radical (unpaired) electrons. The van der Waals surface area contributed by atoms with Crippen LogP contribution >= 0.6 is 0 Å². The SMILES string of the molecule is COc1ccc(C2=Nc3ccccc3N[C@@H](c3ccccc3)C2)cc1. The van der Waals surface area contributed by atoms with Gasteiger partial charge in [0.15, 0.2) is 0 Å². The lowest BCUT2D eigenvalue weighted by molar-refractivity contribution is 0.415. The second-order valence-electron chi connectivity index (χ2n) is 6.12. The van der Waals surface area contributed by atoms with Gasteiger partial charge in [-0.15, -0.1) is 0 Å². The molecule has 0 unspecified atom stereocenters. The molecule has 1 aliphatic heterocycles. The minimum Gasteiger partial charge on any atom is -0.497 e. The van der Waals surface area contributed by atoms with Gasteiger partial charge in [0.1, 0.15) is 5.75 Å². The van der Waals surface area contributed by atoms with E-state index in [0.717, 1.165) is 34.8 Å². The van der Waals surface area contributed by atoms with E-state index in [-0.39, 0.29) is 6.04 Å². The molecule has 4 rings (SSSR count). The molecule has 3 nitrogen and oxygen atoms in total. The molecule has 0 fully saturated rings. The van der Waals surface area contributed by atoms with Crippen molar-refractivity contribution < 1.29 is 4.74 Å². The number of hydrogen-bond donors (Lipinski definition) is 1. The summed E-state index contributed by atoms with van der Waals surface area (Å²) in [7, 11) is 1.68. The van der Waals surface area contributed by atoms with Crippen molar-refractivity contribution in [2.75, 3.05) is 12.4 Å². The fourth-order valence-corrected chi connectivity index (χ4v) is 3.17. The number of methoxy groups -OCH3 is 1. The van der Waals surface area contributed by atoms with Crippen LogP contribution in [0, 0.1) is 0 Å². The number of para-hydroxylation sites is 2. The molecule has 1 N–H and O–H groups in total. The van der Waals surface area contributed by atoms with Gasteiger partial charge in [0.25, 0.3) is 0 Å². The Labute approximate surface area is 148 Å². The van der Waals surface area contributed by atoms with Gasteiger partial charge >= 0.3 is 0 Å². The highest BCUT2D eigenvalue weighted by Gasteiger charge is 2.20. The first kappa shape index (κ1) is 15.5. The maximum Gasteiger partial charge on any atom is 0.118 e. The Bertz CT molecular complexity index is 885. The lowest BCUT2D eigenvalue weighted by Gasteiger charge is -2.19. The van der Waals surface area contributed by atoms with Gasteiger partial charge in [-0.3, -0.25) is 4.99 Å². The first-order chi connectivity index (χ1) is 12.3. The van der Waals surface area contributed by atoms with Crippen molar-refractivity contribution in [1.82, 2.24) is 0 Å². The molecule has 1 aliphatic rings. The monoisotopic (exact) mass is 328 g/mol. The van der Waals surface area contributed by atoms with E-state index in [0.29, 0.717) is 0 Å². The Hall–Kier alpha value is -3.07. The number of rotatable bonds is 3. The van der Waals surface area contributed by atoms with E-state index in [1.165, 1.54) is 5.56 Å². The van der Waals surface area contributed by atoms with Gasteiger partial charge < -0.3 is 10.1 Å². The largest absolute Gasteiger partial charge is 0.497 e. The molecule has 124 valence electrons. The molecule has 1 heterocycles. The van der Waals surface area contributed by atoms with Crippen LogP contribution in [0.2, 0.25) is 0 Å². The van der Waals surface area contributed by atoms with Crippen LogP contribution in [-0.2, 0) is 0 Å². The van der Waals surface area contributed by atoms with E-state index in [1.54, 1.807) is 7.11 Å². The normalized spacial score (nSPS) is 16.2. The molecule has 1 atom stereocenters. The number of anilines is 1. The average molecular weight is 328 g/mol. The summed E-state index contributed by atoms with van der Waals surface area (Å²) in [5.41, 5.74) is 5.52. The summed E-state index contributed by atoms with van der Waals surface area (Å²) in [6, 6.07) is 27.1. The zero-order chi connectivity index (χ0) is 17.1. The third-order valence-electron chi connectivity index (χ3n) is 4.51. The molecule has 3 aromatic rings. The maximum atomic E-state index is 5.28. The van der Waals surface area contributed by atoms with Crippen molar-refractivity contribution in [2.45, 2.75) is 12.5 Å². The lowest BCUT2D eigenvalue weighted by Crippen LogP contribution is -2.14. The van der Waals surface area contributed by atoms with E-state index in [4.69, 9.17) is 9.73 Å². The number of fused-ring (bicyclic) bond motifs is 1. The summed E-state index contributed by atoms with van der Waals surface area (Å²) in [4.78, 5) is 4.95. The highest BCUT2D eigenvalue weighted by atomic mass is 16.5. The number of benzene rings is 3. The molecule has 0 bridgehead atoms. The third-order valence-corrected chi connectivity index (χ3v) is 4.51. The minimum atomic E-state index is 0.186. The summed E-state index contributed by atoms with van der Waals surface area (Å²) >= 11 is 0. The molecule has 3 aromatic carbocycles. The summed E-state index contributed by atoms with van der Waals surface area (Å²) in [6.45, 7) is 0. The van der Waals surface area contributed by atoms with Crippen LogP contribution < -0.4 is 10.1 Å². The van der Waals surface area contributed by atoms with E-state index in [9.17, 15) is 0 Å². The topological polar surface area (TPSA) is 33.6 Å². The van der Waals surface area contributed by atoms with E-state index in [2.05, 4.69) is 53.8 Å². The van der Waals surface area contributed by atoms with Gasteiger partial charge in [-0.25, -0.2) is 0 Å². The lowest BCUT2D eigenvalue weighted by atomic mass is 9.97. The van der Waals surface area contributed by atoms with Crippen LogP contribution in [0.15, 0.2) is 83.9 Å². The van der Waals surface area contributed by atoms with E-state index >= 15 is 0 Å². The first-order valence-electron chi connectivity index (χ1n) is 8.46. The smallest absolute Gasteiger partial charge is 0.118 e. The Kier molecular flexibility index (Phi) is 4.21. The number of hydrogen-bond acceptors (Lipinski definition) is 3. The fraction of sp³-hybridized carbons (Fsp3) is 0.136. The number of aliphatic imine (C=N–C) groups is 1. The highest BCUT2D eigenvalue weighted by Crippen LogP contribution is 2.35. The van der Waals surface area contributed by atoms with Crippen LogP contribution in [0.1, 0.15) is 23.6 Å². The standard InChI is InChI=1S/C22H20N2O/c1-25-18-13-11-17(12-14-18)22-15-21(16-7-3-2-4-8-16)23-19-9-5-6-10-20(19)24-22/h2-14,21,23H,15H2,1H3/t21-/m1/s1. The predicted octanol–water partition coefficient (Wildman–Crippen LogP) is 5.37. The Morgan fingerprint density at radius 2 is 1.60 bits per heavy atom. The van der Waals surface area contributed by atoms with Crippen LogP contribution in [0.5, 0.6) is 5.75 Å². The van der Waals surface area contributed by atoms with E-state index in [1.807, 2.05) is 30.3 Å². The molecule has 0 saturated carbocycles. The predicted molar refractivity (Wildman–Crippen MR) is 103 cm³/mol. The van der Waals surface area contributed by atoms with E-state index < -0.39 is 0 Å². The van der Waals surface area contributed by atoms with Crippen LogP contribution in [0.4, 0.5) is 11.4 Å². The quantitative estimate of drug-likeness (QED) is 0.701. The molecule has 0 amide bonds. The van der Waals surface area contributed by atoms with Crippen molar-refractivity contribution in [3.05, 3.63) is 90.0 Å². The molecule has 0 aromatic heterocycles. The minimum absolute atomic E-state index is 0.186. The third kappa shape index (κ3) is 3.26. The molecule has 25 heavy (non-hydrogen) atoms. The Morgan fingerprint density at radius 3 is 2.36 bits per heavy atom. The summed E-state index contributed by atoms with van der Waals surface area (Å²) in [6.07, 6.45) is 0.824. The molecule has 0 saturated heterocycles. The van der Waals surface area contributed by atoms with Gasteiger partial charge in [0.2, 0.25) is 0 Å². The van der Waals surface area contributed by atoms with Gasteiger partial charge in [-0.2, -0.15) is 0 Å². The number of ether oxygens (including phenoxy) is 1. The molecular formula is C22H20N2O. The van der Waals surface area contributed by atoms with Crippen LogP contribution in [0.25, 0.3) is 0 Å². The number of nitrogens with one attached hydrogen (secondary N) is 1. The van der Waals surface area contributed by atoms with Gasteiger partial charge in [0, 0.05) is 6.42 Å². The molecule has 0 aliphatic carbocycles. The van der Waals surface area contributed by atoms with Crippen molar-refractivity contribution >= 4 is 17.1 Å². The second kappa shape index (κ2) is 6.81. The summed E-state index contributed by atoms with van der Waals surface area (Å²) < 4.78 is 5.28. The van der Waals surface area contributed by atoms with Crippen molar-refractivity contribution in [2.24, 2.45) is 4.99 Å². The van der Waals surface area contributed by atoms with Crippen LogP contribution in [-0.4, -0.2) is 12.8 Å². The van der Waals surface area contributed by atoms with Crippen molar-refractivity contribution in [3.63, 3.8) is 0 Å². The van der Waals surface area contributed by atoms with Crippen LogP contribution in [0.3, 0.4) is 0 Å². The summed E-state index contributed by atoms with van der Waals surface area (Å²) in [5, 5.41) is 3.66. The first-order valence-corrected chi connectivity index (χ1v) is 8.46. The zero-order valence-corrected chi connectivity index (χ0v) is 14.1. The van der Waals surface area contributed by atoms with Gasteiger partial charge in [-0.1, -0.05) is 42.5 Å². The van der Waals surface area contributed by atoms with Crippen molar-refractivity contribution in [3.8, 4) is 5.75 Å². The Morgan fingerprint density at radius 1 is 0.880 bits per heavy atom. The molecule has 3 heteroatoms. The molecular weight excluding hydrogens is 308 g/mol. The zero-order valence-electron chi connectivity index (χ0n) is 14.1. The highest BCUT2D eigenvalue weighted by molar-refractivity contribution is 6.04.